The van der Waals surface area contributed by atoms with Crippen LogP contribution in [0.3, 0.4) is 0 Å². The Morgan fingerprint density at radius 1 is 1.08 bits per heavy atom. The van der Waals surface area contributed by atoms with Crippen molar-refractivity contribution in [1.29, 1.82) is 0 Å². The number of halogens is 2. The van der Waals surface area contributed by atoms with Gasteiger partial charge in [0, 0.05) is 25.6 Å². The van der Waals surface area contributed by atoms with Crippen molar-refractivity contribution in [2.45, 2.75) is 19.0 Å². The highest BCUT2D eigenvalue weighted by molar-refractivity contribution is 5.94. The maximum atomic E-state index is 14.0. The smallest absolute Gasteiger partial charge is 0.245 e. The molecule has 1 atom stereocenters. The minimum Gasteiger partial charge on any atom is -0.335 e. The zero-order chi connectivity index (χ0) is 18.0. The Morgan fingerprint density at radius 2 is 1.80 bits per heavy atom. The third-order valence-corrected chi connectivity index (χ3v) is 4.35. The first kappa shape index (κ1) is 17.1. The topological polar surface area (TPSA) is 40.6 Å². The molecular weight excluding hydrogens is 326 g/mol. The second kappa shape index (κ2) is 7.01. The molecule has 2 aromatic rings. The van der Waals surface area contributed by atoms with Gasteiger partial charge in [0.25, 0.3) is 0 Å². The van der Waals surface area contributed by atoms with Gasteiger partial charge in [0.05, 0.1) is 6.54 Å². The van der Waals surface area contributed by atoms with Crippen molar-refractivity contribution in [3.8, 4) is 0 Å². The molecule has 1 aliphatic heterocycles. The van der Waals surface area contributed by atoms with Crippen molar-refractivity contribution in [3.63, 3.8) is 0 Å². The number of likely N-dealkylation sites (N-methyl/N-ethyl adjacent to an activating group) is 1. The van der Waals surface area contributed by atoms with Crippen LogP contribution in [0.2, 0.25) is 0 Å². The summed E-state index contributed by atoms with van der Waals surface area (Å²) in [7, 11) is 1.57. The number of benzene rings is 2. The van der Waals surface area contributed by atoms with Crippen LogP contribution in [0.5, 0.6) is 0 Å². The summed E-state index contributed by atoms with van der Waals surface area (Å²) in [5.41, 5.74) is 0.956. The van der Waals surface area contributed by atoms with Gasteiger partial charge in [-0.1, -0.05) is 30.3 Å². The van der Waals surface area contributed by atoms with E-state index < -0.39 is 17.7 Å². The van der Waals surface area contributed by atoms with Gasteiger partial charge in [-0.05, 0) is 23.8 Å². The summed E-state index contributed by atoms with van der Waals surface area (Å²) in [6, 6.07) is 11.7. The number of nitrogens with zero attached hydrogens (tertiary/aromatic N) is 2. The van der Waals surface area contributed by atoms with Crippen molar-refractivity contribution in [3.05, 3.63) is 71.3 Å². The first-order chi connectivity index (χ1) is 12.0. The highest BCUT2D eigenvalue weighted by atomic mass is 19.1. The average Bonchev–Trinajstić information content (AvgIpc) is 2.59. The van der Waals surface area contributed by atoms with Gasteiger partial charge in [0.1, 0.15) is 17.7 Å². The van der Waals surface area contributed by atoms with E-state index in [0.29, 0.717) is 6.42 Å². The lowest BCUT2D eigenvalue weighted by atomic mass is 10.00. The van der Waals surface area contributed by atoms with Crippen LogP contribution in [0, 0.1) is 11.6 Å². The Balaban J connectivity index is 1.91. The molecule has 0 unspecified atom stereocenters. The van der Waals surface area contributed by atoms with E-state index in [-0.39, 0.29) is 30.5 Å². The van der Waals surface area contributed by atoms with Gasteiger partial charge in [-0.25, -0.2) is 8.78 Å². The number of hydrogen-bond donors (Lipinski definition) is 0. The monoisotopic (exact) mass is 344 g/mol. The summed E-state index contributed by atoms with van der Waals surface area (Å²) in [6.45, 7) is -0.208. The quantitative estimate of drug-likeness (QED) is 0.854. The van der Waals surface area contributed by atoms with E-state index in [9.17, 15) is 18.4 Å². The van der Waals surface area contributed by atoms with Gasteiger partial charge >= 0.3 is 0 Å². The first-order valence-corrected chi connectivity index (χ1v) is 7.98. The van der Waals surface area contributed by atoms with Gasteiger partial charge in [-0.15, -0.1) is 0 Å². The summed E-state index contributed by atoms with van der Waals surface area (Å²) < 4.78 is 27.4. The van der Waals surface area contributed by atoms with Gasteiger partial charge in [0.15, 0.2) is 0 Å². The largest absolute Gasteiger partial charge is 0.335 e. The molecule has 0 bridgehead atoms. The Hall–Kier alpha value is -2.76. The summed E-state index contributed by atoms with van der Waals surface area (Å²) in [4.78, 5) is 27.8. The SMILES string of the molecule is CN1CC(=O)N(Cc2cc(F)ccc2F)[C@H](Cc2ccccc2)C1=O. The van der Waals surface area contributed by atoms with Gasteiger partial charge in [-0.2, -0.15) is 0 Å². The average molecular weight is 344 g/mol. The lowest BCUT2D eigenvalue weighted by molar-refractivity contribution is -0.155. The van der Waals surface area contributed by atoms with Crippen LogP contribution in [0.1, 0.15) is 11.1 Å². The number of rotatable bonds is 4. The Labute approximate surface area is 144 Å². The van der Waals surface area contributed by atoms with Gasteiger partial charge < -0.3 is 9.80 Å². The minimum atomic E-state index is -0.740. The van der Waals surface area contributed by atoms with E-state index in [4.69, 9.17) is 0 Å². The number of hydrogen-bond acceptors (Lipinski definition) is 2. The third-order valence-electron chi connectivity index (χ3n) is 4.35. The van der Waals surface area contributed by atoms with E-state index >= 15 is 0 Å². The summed E-state index contributed by atoms with van der Waals surface area (Å²) in [5.74, 6) is -1.67. The molecule has 4 nitrogen and oxygen atoms in total. The molecule has 0 N–H and O–H groups in total. The molecule has 0 spiro atoms. The third kappa shape index (κ3) is 3.68. The van der Waals surface area contributed by atoms with E-state index in [2.05, 4.69) is 0 Å². The van der Waals surface area contributed by atoms with Gasteiger partial charge in [0.2, 0.25) is 11.8 Å². The zero-order valence-electron chi connectivity index (χ0n) is 13.8. The minimum absolute atomic E-state index is 0.0590. The lowest BCUT2D eigenvalue weighted by Crippen LogP contribution is -2.59. The molecule has 1 fully saturated rings. The highest BCUT2D eigenvalue weighted by Crippen LogP contribution is 2.21. The molecule has 130 valence electrons. The van der Waals surface area contributed by atoms with Crippen LogP contribution in [0.4, 0.5) is 8.78 Å². The Morgan fingerprint density at radius 3 is 2.52 bits per heavy atom. The lowest BCUT2D eigenvalue weighted by Gasteiger charge is -2.39. The Kier molecular flexibility index (Phi) is 4.79. The molecule has 0 aromatic heterocycles. The van der Waals surface area contributed by atoms with E-state index in [0.717, 1.165) is 23.8 Å². The second-order valence-electron chi connectivity index (χ2n) is 6.16. The first-order valence-electron chi connectivity index (χ1n) is 7.98. The molecule has 25 heavy (non-hydrogen) atoms. The molecular formula is C19H18F2N2O2. The van der Waals surface area contributed by atoms with Crippen LogP contribution in [-0.2, 0) is 22.6 Å². The number of carbonyl (C=O) groups is 2. The molecule has 1 heterocycles. The summed E-state index contributed by atoms with van der Waals surface area (Å²) in [6.07, 6.45) is 0.326. The van der Waals surface area contributed by atoms with Crippen LogP contribution in [0.15, 0.2) is 48.5 Å². The van der Waals surface area contributed by atoms with Crippen molar-refractivity contribution in [1.82, 2.24) is 9.80 Å². The maximum Gasteiger partial charge on any atom is 0.245 e. The molecule has 6 heteroatoms. The van der Waals surface area contributed by atoms with Crippen molar-refractivity contribution in [2.75, 3.05) is 13.6 Å². The molecule has 2 aromatic carbocycles. The fourth-order valence-corrected chi connectivity index (χ4v) is 3.01. The maximum absolute atomic E-state index is 14.0. The summed E-state index contributed by atoms with van der Waals surface area (Å²) in [5, 5.41) is 0. The second-order valence-corrected chi connectivity index (χ2v) is 6.16. The number of piperazine rings is 1. The molecule has 0 saturated carbocycles. The van der Waals surface area contributed by atoms with Crippen LogP contribution >= 0.6 is 0 Å². The predicted octanol–water partition coefficient (Wildman–Crippen LogP) is 2.38. The van der Waals surface area contributed by atoms with E-state index in [1.807, 2.05) is 30.3 Å². The van der Waals surface area contributed by atoms with Crippen LogP contribution in [0.25, 0.3) is 0 Å². The molecule has 0 aliphatic carbocycles. The predicted molar refractivity (Wildman–Crippen MR) is 88.5 cm³/mol. The van der Waals surface area contributed by atoms with E-state index in [1.165, 1.54) is 9.80 Å². The Bertz CT molecular complexity index is 795. The fraction of sp³-hybridized carbons (Fsp3) is 0.263. The summed E-state index contributed by atoms with van der Waals surface area (Å²) >= 11 is 0. The van der Waals surface area contributed by atoms with Crippen LogP contribution in [-0.4, -0.2) is 41.2 Å². The zero-order valence-corrected chi connectivity index (χ0v) is 13.8. The van der Waals surface area contributed by atoms with E-state index in [1.54, 1.807) is 7.05 Å². The van der Waals surface area contributed by atoms with Crippen molar-refractivity contribution >= 4 is 11.8 Å². The molecule has 3 rings (SSSR count). The highest BCUT2D eigenvalue weighted by Gasteiger charge is 2.38. The van der Waals surface area contributed by atoms with Gasteiger partial charge in [-0.3, -0.25) is 9.59 Å². The number of amides is 2. The fourth-order valence-electron chi connectivity index (χ4n) is 3.01. The van der Waals surface area contributed by atoms with Crippen LogP contribution < -0.4 is 0 Å². The van der Waals surface area contributed by atoms with Crippen molar-refractivity contribution < 1.29 is 18.4 Å². The van der Waals surface area contributed by atoms with Crippen molar-refractivity contribution in [2.24, 2.45) is 0 Å². The normalized spacial score (nSPS) is 18.0. The number of carbonyl (C=O) groups excluding carboxylic acids is 2. The molecule has 1 aliphatic rings. The molecule has 1 saturated heterocycles. The standard InChI is InChI=1S/C19H18F2N2O2/c1-22-12-18(24)23(11-14-10-15(20)7-8-16(14)21)17(19(22)25)9-13-5-3-2-4-6-13/h2-8,10,17H,9,11-12H2,1H3/t17-/m1/s1. The molecule has 2 amide bonds. The molecule has 0 radical (unpaired) electrons.